The molecular weight excluding hydrogens is 138 g/mol. The molecule has 2 heteroatoms. The van der Waals surface area contributed by atoms with E-state index in [1.807, 2.05) is 0 Å². The molecule has 0 aliphatic carbocycles. The van der Waals surface area contributed by atoms with Gasteiger partial charge in [0.05, 0.1) is 6.61 Å². The standard InChI is InChI=1S/C9H17NO/c11-8-9-4-1-2-6-10(9)7-3-5-9/h11H,1-8H2/t9-/m0/s1. The molecule has 2 saturated heterocycles. The minimum absolute atomic E-state index is 0.220. The molecule has 0 bridgehead atoms. The molecule has 0 aromatic rings. The van der Waals surface area contributed by atoms with Crippen LogP contribution in [0.1, 0.15) is 32.1 Å². The molecule has 11 heavy (non-hydrogen) atoms. The highest BCUT2D eigenvalue weighted by Gasteiger charge is 2.41. The van der Waals surface area contributed by atoms with Gasteiger partial charge in [-0.05, 0) is 38.8 Å². The molecule has 2 fully saturated rings. The van der Waals surface area contributed by atoms with Crippen LogP contribution >= 0.6 is 0 Å². The lowest BCUT2D eigenvalue weighted by atomic mass is 9.87. The number of aliphatic hydroxyl groups is 1. The van der Waals surface area contributed by atoms with Gasteiger partial charge in [-0.3, -0.25) is 4.90 Å². The average molecular weight is 155 g/mol. The molecule has 0 radical (unpaired) electrons. The molecule has 1 N–H and O–H groups in total. The molecule has 2 rings (SSSR count). The van der Waals surface area contributed by atoms with Gasteiger partial charge in [-0.15, -0.1) is 0 Å². The molecule has 0 spiro atoms. The first kappa shape index (κ1) is 7.56. The van der Waals surface area contributed by atoms with Crippen LogP contribution in [0.3, 0.4) is 0 Å². The summed E-state index contributed by atoms with van der Waals surface area (Å²) >= 11 is 0. The summed E-state index contributed by atoms with van der Waals surface area (Å²) in [5.41, 5.74) is 0.220. The maximum atomic E-state index is 9.31. The minimum Gasteiger partial charge on any atom is -0.394 e. The number of fused-ring (bicyclic) bond motifs is 1. The van der Waals surface area contributed by atoms with Crippen molar-refractivity contribution in [2.75, 3.05) is 19.7 Å². The van der Waals surface area contributed by atoms with Crippen LogP contribution in [0.25, 0.3) is 0 Å². The van der Waals surface area contributed by atoms with Gasteiger partial charge in [0, 0.05) is 5.54 Å². The second-order valence-corrected chi connectivity index (χ2v) is 3.93. The van der Waals surface area contributed by atoms with Crippen LogP contribution in [-0.4, -0.2) is 35.2 Å². The van der Waals surface area contributed by atoms with E-state index in [2.05, 4.69) is 4.90 Å². The predicted molar refractivity (Wildman–Crippen MR) is 44.5 cm³/mol. The molecular formula is C9H17NO. The zero-order valence-electron chi connectivity index (χ0n) is 7.05. The number of aliphatic hydroxyl groups excluding tert-OH is 1. The Kier molecular flexibility index (Phi) is 1.90. The van der Waals surface area contributed by atoms with Gasteiger partial charge in [0.25, 0.3) is 0 Å². The van der Waals surface area contributed by atoms with E-state index in [-0.39, 0.29) is 5.54 Å². The summed E-state index contributed by atoms with van der Waals surface area (Å²) in [4.78, 5) is 2.50. The second kappa shape index (κ2) is 2.76. The lowest BCUT2D eigenvalue weighted by Crippen LogP contribution is -2.49. The third kappa shape index (κ3) is 1.09. The van der Waals surface area contributed by atoms with Crippen molar-refractivity contribution < 1.29 is 5.11 Å². The Morgan fingerprint density at radius 3 is 2.55 bits per heavy atom. The fraction of sp³-hybridized carbons (Fsp3) is 1.00. The van der Waals surface area contributed by atoms with E-state index < -0.39 is 0 Å². The third-order valence-corrected chi connectivity index (χ3v) is 3.36. The maximum absolute atomic E-state index is 9.31. The van der Waals surface area contributed by atoms with Crippen molar-refractivity contribution in [3.63, 3.8) is 0 Å². The third-order valence-electron chi connectivity index (χ3n) is 3.36. The van der Waals surface area contributed by atoms with E-state index in [4.69, 9.17) is 0 Å². The average Bonchev–Trinajstić information content (AvgIpc) is 2.48. The normalized spacial score (nSPS) is 39.0. The molecule has 0 saturated carbocycles. The van der Waals surface area contributed by atoms with E-state index in [0.29, 0.717) is 6.61 Å². The van der Waals surface area contributed by atoms with E-state index in [9.17, 15) is 5.11 Å². The summed E-state index contributed by atoms with van der Waals surface area (Å²) in [5, 5.41) is 9.31. The lowest BCUT2D eigenvalue weighted by molar-refractivity contribution is 0.0325. The highest BCUT2D eigenvalue weighted by Crippen LogP contribution is 2.36. The van der Waals surface area contributed by atoms with Gasteiger partial charge in [0.2, 0.25) is 0 Å². The van der Waals surface area contributed by atoms with Crippen molar-refractivity contribution in [3.05, 3.63) is 0 Å². The van der Waals surface area contributed by atoms with Gasteiger partial charge in [-0.25, -0.2) is 0 Å². The molecule has 0 amide bonds. The lowest BCUT2D eigenvalue weighted by Gasteiger charge is -2.41. The van der Waals surface area contributed by atoms with E-state index in [0.717, 1.165) is 0 Å². The molecule has 2 heterocycles. The Balaban J connectivity index is 2.12. The first-order valence-corrected chi connectivity index (χ1v) is 4.73. The molecule has 2 aliphatic heterocycles. The summed E-state index contributed by atoms with van der Waals surface area (Å²) in [6.07, 6.45) is 6.40. The fourth-order valence-corrected chi connectivity index (χ4v) is 2.64. The van der Waals surface area contributed by atoms with Crippen molar-refractivity contribution in [2.45, 2.75) is 37.6 Å². The van der Waals surface area contributed by atoms with Gasteiger partial charge in [-0.2, -0.15) is 0 Å². The quantitative estimate of drug-likeness (QED) is 0.610. The van der Waals surface area contributed by atoms with Gasteiger partial charge >= 0.3 is 0 Å². The van der Waals surface area contributed by atoms with Crippen LogP contribution in [0.15, 0.2) is 0 Å². The zero-order chi connectivity index (χ0) is 7.73. The topological polar surface area (TPSA) is 23.5 Å². The van der Waals surface area contributed by atoms with Crippen LogP contribution in [0.2, 0.25) is 0 Å². The van der Waals surface area contributed by atoms with Crippen molar-refractivity contribution >= 4 is 0 Å². The molecule has 1 atom stereocenters. The monoisotopic (exact) mass is 155 g/mol. The first-order valence-electron chi connectivity index (χ1n) is 4.73. The predicted octanol–water partition coefficient (Wildman–Crippen LogP) is 0.997. The zero-order valence-corrected chi connectivity index (χ0v) is 7.05. The number of rotatable bonds is 1. The molecule has 2 nitrogen and oxygen atoms in total. The van der Waals surface area contributed by atoms with Crippen molar-refractivity contribution in [3.8, 4) is 0 Å². The van der Waals surface area contributed by atoms with Crippen molar-refractivity contribution in [1.29, 1.82) is 0 Å². The highest BCUT2D eigenvalue weighted by molar-refractivity contribution is 4.97. The number of piperidine rings is 1. The summed E-state index contributed by atoms with van der Waals surface area (Å²) < 4.78 is 0. The SMILES string of the molecule is OC[C@@]12CCCCN1CCC2. The number of nitrogens with zero attached hydrogens (tertiary/aromatic N) is 1. The van der Waals surface area contributed by atoms with Crippen LogP contribution < -0.4 is 0 Å². The van der Waals surface area contributed by atoms with Gasteiger partial charge in [0.15, 0.2) is 0 Å². The van der Waals surface area contributed by atoms with Crippen LogP contribution in [0.4, 0.5) is 0 Å². The van der Waals surface area contributed by atoms with E-state index in [1.54, 1.807) is 0 Å². The van der Waals surface area contributed by atoms with Crippen LogP contribution in [0, 0.1) is 0 Å². The summed E-state index contributed by atoms with van der Waals surface area (Å²) in [6.45, 7) is 2.83. The molecule has 2 aliphatic rings. The number of hydrogen-bond acceptors (Lipinski definition) is 2. The molecule has 0 aromatic heterocycles. The van der Waals surface area contributed by atoms with Crippen molar-refractivity contribution in [1.82, 2.24) is 4.90 Å². The summed E-state index contributed by atoms with van der Waals surface area (Å²) in [7, 11) is 0. The van der Waals surface area contributed by atoms with Crippen LogP contribution in [0.5, 0.6) is 0 Å². The second-order valence-electron chi connectivity index (χ2n) is 3.93. The Bertz CT molecular complexity index is 148. The minimum atomic E-state index is 0.220. The Labute approximate surface area is 68.2 Å². The van der Waals surface area contributed by atoms with E-state index in [1.165, 1.54) is 45.2 Å². The summed E-state index contributed by atoms with van der Waals surface area (Å²) in [5.74, 6) is 0. The smallest absolute Gasteiger partial charge is 0.0615 e. The van der Waals surface area contributed by atoms with Gasteiger partial charge in [0.1, 0.15) is 0 Å². The van der Waals surface area contributed by atoms with Gasteiger partial charge < -0.3 is 5.11 Å². The van der Waals surface area contributed by atoms with E-state index >= 15 is 0 Å². The Hall–Kier alpha value is -0.0800. The highest BCUT2D eigenvalue weighted by atomic mass is 16.3. The fourth-order valence-electron chi connectivity index (χ4n) is 2.64. The first-order chi connectivity index (χ1) is 5.37. The molecule has 0 aromatic carbocycles. The Morgan fingerprint density at radius 2 is 1.82 bits per heavy atom. The largest absolute Gasteiger partial charge is 0.394 e. The Morgan fingerprint density at radius 1 is 1.09 bits per heavy atom. The van der Waals surface area contributed by atoms with Crippen LogP contribution in [-0.2, 0) is 0 Å². The summed E-state index contributed by atoms with van der Waals surface area (Å²) in [6, 6.07) is 0. The molecule has 0 unspecified atom stereocenters. The van der Waals surface area contributed by atoms with Crippen molar-refractivity contribution in [2.24, 2.45) is 0 Å². The number of hydrogen-bond donors (Lipinski definition) is 1. The maximum Gasteiger partial charge on any atom is 0.0615 e. The van der Waals surface area contributed by atoms with Gasteiger partial charge in [-0.1, -0.05) is 6.42 Å². The molecule has 64 valence electrons.